The molecule has 3 heteroatoms. The van der Waals surface area contributed by atoms with Crippen LogP contribution in [0.3, 0.4) is 0 Å². The van der Waals surface area contributed by atoms with Crippen molar-refractivity contribution in [2.75, 3.05) is 7.11 Å². The van der Waals surface area contributed by atoms with Crippen LogP contribution in [0.1, 0.15) is 15.9 Å². The Morgan fingerprint density at radius 2 is 2.06 bits per heavy atom. The highest BCUT2D eigenvalue weighted by atomic mass is 16.5. The standard InChI is InChI=1S/C14H13NO2/c1-10-5-6-15-13(7-10)12-8-11(9-16)3-4-14(12)17-2/h3-9H,1-2H3. The molecular weight excluding hydrogens is 214 g/mol. The third-order valence-corrected chi connectivity index (χ3v) is 2.55. The van der Waals surface area contributed by atoms with E-state index in [1.54, 1.807) is 31.5 Å². The predicted molar refractivity (Wildman–Crippen MR) is 66.3 cm³/mol. The molecule has 0 N–H and O–H groups in total. The normalized spacial score (nSPS) is 10.0. The summed E-state index contributed by atoms with van der Waals surface area (Å²) >= 11 is 0. The van der Waals surface area contributed by atoms with Crippen molar-refractivity contribution in [1.29, 1.82) is 0 Å². The minimum Gasteiger partial charge on any atom is -0.496 e. The summed E-state index contributed by atoms with van der Waals surface area (Å²) in [5, 5.41) is 0. The van der Waals surface area contributed by atoms with Crippen molar-refractivity contribution in [3.63, 3.8) is 0 Å². The quantitative estimate of drug-likeness (QED) is 0.757. The number of aromatic nitrogens is 1. The van der Waals surface area contributed by atoms with E-state index in [0.29, 0.717) is 11.3 Å². The Balaban J connectivity index is 2.59. The zero-order chi connectivity index (χ0) is 12.3. The average Bonchev–Trinajstić information content (AvgIpc) is 2.38. The van der Waals surface area contributed by atoms with Gasteiger partial charge in [0.05, 0.1) is 12.8 Å². The topological polar surface area (TPSA) is 39.2 Å². The van der Waals surface area contributed by atoms with E-state index in [2.05, 4.69) is 4.98 Å². The molecule has 0 saturated carbocycles. The summed E-state index contributed by atoms with van der Waals surface area (Å²) in [7, 11) is 1.61. The van der Waals surface area contributed by atoms with E-state index in [1.807, 2.05) is 19.1 Å². The monoisotopic (exact) mass is 227 g/mol. The van der Waals surface area contributed by atoms with Crippen molar-refractivity contribution < 1.29 is 9.53 Å². The minimum atomic E-state index is 0.615. The number of benzene rings is 1. The van der Waals surface area contributed by atoms with Gasteiger partial charge in [-0.05, 0) is 42.8 Å². The molecule has 3 nitrogen and oxygen atoms in total. The van der Waals surface area contributed by atoms with Gasteiger partial charge in [0.1, 0.15) is 12.0 Å². The highest BCUT2D eigenvalue weighted by Crippen LogP contribution is 2.29. The molecule has 0 amide bonds. The van der Waals surface area contributed by atoms with Crippen LogP contribution < -0.4 is 4.74 Å². The van der Waals surface area contributed by atoms with Gasteiger partial charge in [-0.25, -0.2) is 0 Å². The molecule has 0 aliphatic carbocycles. The van der Waals surface area contributed by atoms with Gasteiger partial charge in [0, 0.05) is 17.3 Å². The van der Waals surface area contributed by atoms with Crippen LogP contribution >= 0.6 is 0 Å². The summed E-state index contributed by atoms with van der Waals surface area (Å²) in [6.07, 6.45) is 2.57. The van der Waals surface area contributed by atoms with E-state index >= 15 is 0 Å². The Labute approximate surface area is 100 Å². The second kappa shape index (κ2) is 4.78. The van der Waals surface area contributed by atoms with Gasteiger partial charge in [-0.1, -0.05) is 0 Å². The Morgan fingerprint density at radius 1 is 1.24 bits per heavy atom. The summed E-state index contributed by atoms with van der Waals surface area (Å²) in [5.74, 6) is 0.716. The molecular formula is C14H13NO2. The lowest BCUT2D eigenvalue weighted by atomic mass is 10.1. The van der Waals surface area contributed by atoms with Crippen LogP contribution in [0.25, 0.3) is 11.3 Å². The molecule has 0 fully saturated rings. The molecule has 0 radical (unpaired) electrons. The van der Waals surface area contributed by atoms with E-state index in [1.165, 1.54) is 0 Å². The largest absolute Gasteiger partial charge is 0.496 e. The van der Waals surface area contributed by atoms with Gasteiger partial charge in [0.25, 0.3) is 0 Å². The van der Waals surface area contributed by atoms with E-state index in [-0.39, 0.29) is 0 Å². The number of nitrogens with zero attached hydrogens (tertiary/aromatic N) is 1. The Bertz CT molecular complexity index is 550. The molecule has 2 rings (SSSR count). The van der Waals surface area contributed by atoms with Crippen molar-refractivity contribution in [2.24, 2.45) is 0 Å². The smallest absolute Gasteiger partial charge is 0.150 e. The van der Waals surface area contributed by atoms with Crippen LogP contribution in [0.15, 0.2) is 36.5 Å². The highest BCUT2D eigenvalue weighted by molar-refractivity contribution is 5.80. The molecule has 0 bridgehead atoms. The van der Waals surface area contributed by atoms with E-state index < -0.39 is 0 Å². The Hall–Kier alpha value is -2.16. The van der Waals surface area contributed by atoms with Gasteiger partial charge in [0.15, 0.2) is 0 Å². The maximum absolute atomic E-state index is 10.8. The molecule has 1 aromatic carbocycles. The number of aryl methyl sites for hydroxylation is 1. The van der Waals surface area contributed by atoms with E-state index in [4.69, 9.17) is 4.74 Å². The van der Waals surface area contributed by atoms with Gasteiger partial charge >= 0.3 is 0 Å². The number of methoxy groups -OCH3 is 1. The summed E-state index contributed by atoms with van der Waals surface area (Å²) in [5.41, 5.74) is 3.38. The number of carbonyl (C=O) groups is 1. The van der Waals surface area contributed by atoms with Crippen LogP contribution in [0.5, 0.6) is 5.75 Å². The number of rotatable bonds is 3. The fourth-order valence-electron chi connectivity index (χ4n) is 1.68. The fourth-order valence-corrected chi connectivity index (χ4v) is 1.68. The first-order valence-electron chi connectivity index (χ1n) is 5.31. The maximum atomic E-state index is 10.8. The molecule has 0 aliphatic rings. The molecule has 1 aromatic heterocycles. The fraction of sp³-hybridized carbons (Fsp3) is 0.143. The number of aldehydes is 1. The van der Waals surface area contributed by atoms with E-state index in [9.17, 15) is 4.79 Å². The summed E-state index contributed by atoms with van der Waals surface area (Å²) < 4.78 is 5.28. The SMILES string of the molecule is COc1ccc(C=O)cc1-c1cc(C)ccn1. The number of hydrogen-bond donors (Lipinski definition) is 0. The van der Waals surface area contributed by atoms with Gasteiger partial charge in [-0.3, -0.25) is 9.78 Å². The van der Waals surface area contributed by atoms with Gasteiger partial charge in [0.2, 0.25) is 0 Å². The van der Waals surface area contributed by atoms with E-state index in [0.717, 1.165) is 23.1 Å². The third kappa shape index (κ3) is 2.33. The summed E-state index contributed by atoms with van der Waals surface area (Å²) in [6, 6.07) is 9.19. The lowest BCUT2D eigenvalue weighted by Crippen LogP contribution is -1.92. The first-order valence-corrected chi connectivity index (χ1v) is 5.31. The first kappa shape index (κ1) is 11.3. The molecule has 0 saturated heterocycles. The molecule has 0 aliphatic heterocycles. The van der Waals surface area contributed by atoms with Crippen LogP contribution in [-0.4, -0.2) is 18.4 Å². The number of ether oxygens (including phenoxy) is 1. The van der Waals surface area contributed by atoms with Crippen LogP contribution in [0, 0.1) is 6.92 Å². The molecule has 0 atom stereocenters. The second-order valence-corrected chi connectivity index (χ2v) is 3.80. The maximum Gasteiger partial charge on any atom is 0.150 e. The van der Waals surface area contributed by atoms with Crippen LogP contribution in [0.4, 0.5) is 0 Å². The van der Waals surface area contributed by atoms with Gasteiger partial charge in [-0.2, -0.15) is 0 Å². The van der Waals surface area contributed by atoms with Crippen LogP contribution in [0.2, 0.25) is 0 Å². The molecule has 17 heavy (non-hydrogen) atoms. The lowest BCUT2D eigenvalue weighted by molar-refractivity contribution is 0.112. The minimum absolute atomic E-state index is 0.615. The second-order valence-electron chi connectivity index (χ2n) is 3.80. The zero-order valence-corrected chi connectivity index (χ0v) is 9.81. The molecule has 1 heterocycles. The van der Waals surface area contributed by atoms with Crippen molar-refractivity contribution in [3.8, 4) is 17.0 Å². The number of carbonyl (C=O) groups excluding carboxylic acids is 1. The third-order valence-electron chi connectivity index (χ3n) is 2.55. The number of pyridine rings is 1. The molecule has 86 valence electrons. The van der Waals surface area contributed by atoms with Crippen molar-refractivity contribution in [3.05, 3.63) is 47.7 Å². The Kier molecular flexibility index (Phi) is 3.19. The Morgan fingerprint density at radius 3 is 2.71 bits per heavy atom. The molecule has 0 unspecified atom stereocenters. The molecule has 2 aromatic rings. The van der Waals surface area contributed by atoms with Crippen LogP contribution in [-0.2, 0) is 0 Å². The summed E-state index contributed by atoms with van der Waals surface area (Å²) in [4.78, 5) is 15.1. The average molecular weight is 227 g/mol. The summed E-state index contributed by atoms with van der Waals surface area (Å²) in [6.45, 7) is 2.00. The van der Waals surface area contributed by atoms with Crippen molar-refractivity contribution in [2.45, 2.75) is 6.92 Å². The van der Waals surface area contributed by atoms with Crippen molar-refractivity contribution in [1.82, 2.24) is 4.98 Å². The van der Waals surface area contributed by atoms with Gasteiger partial charge < -0.3 is 4.74 Å². The van der Waals surface area contributed by atoms with Crippen molar-refractivity contribution >= 4 is 6.29 Å². The van der Waals surface area contributed by atoms with Gasteiger partial charge in [-0.15, -0.1) is 0 Å². The predicted octanol–water partition coefficient (Wildman–Crippen LogP) is 2.88. The molecule has 0 spiro atoms. The number of hydrogen-bond acceptors (Lipinski definition) is 3. The zero-order valence-electron chi connectivity index (χ0n) is 9.81. The first-order chi connectivity index (χ1) is 8.24. The lowest BCUT2D eigenvalue weighted by Gasteiger charge is -2.08. The highest BCUT2D eigenvalue weighted by Gasteiger charge is 2.08.